The van der Waals surface area contributed by atoms with Gasteiger partial charge in [0.1, 0.15) is 17.2 Å². The molecule has 1 atom stereocenters. The summed E-state index contributed by atoms with van der Waals surface area (Å²) in [6.07, 6.45) is 4.14. The Labute approximate surface area is 215 Å². The molecule has 1 aliphatic heterocycles. The minimum Gasteiger partial charge on any atom is -0.455 e. The second-order valence-corrected chi connectivity index (χ2v) is 11.3. The number of carbonyl (C=O) groups excluding carboxylic acids is 2. The Morgan fingerprint density at radius 3 is 2.49 bits per heavy atom. The molecule has 0 bridgehead atoms. The predicted molar refractivity (Wildman–Crippen MR) is 141 cm³/mol. The van der Waals surface area contributed by atoms with Crippen LogP contribution < -0.4 is 10.0 Å². The fourth-order valence-corrected chi connectivity index (χ4v) is 5.29. The number of likely N-dealkylation sites (tertiary alicyclic amines) is 1. The summed E-state index contributed by atoms with van der Waals surface area (Å²) in [5, 5.41) is 3.13. The number of amides is 2. The Kier molecular flexibility index (Phi) is 7.40. The van der Waals surface area contributed by atoms with Crippen molar-refractivity contribution in [1.82, 2.24) is 10.2 Å². The van der Waals surface area contributed by atoms with Crippen molar-refractivity contribution in [2.45, 2.75) is 32.6 Å². The molecule has 10 heteroatoms. The van der Waals surface area contributed by atoms with Gasteiger partial charge in [0.25, 0.3) is 5.91 Å². The fourth-order valence-electron chi connectivity index (χ4n) is 4.71. The minimum atomic E-state index is -3.64. The van der Waals surface area contributed by atoms with Gasteiger partial charge in [-0.3, -0.25) is 14.3 Å². The number of fused-ring (bicyclic) bond motifs is 1. The van der Waals surface area contributed by atoms with Crippen molar-refractivity contribution in [1.29, 1.82) is 0 Å². The van der Waals surface area contributed by atoms with E-state index in [2.05, 4.69) is 10.0 Å². The molecule has 1 aromatic heterocycles. The first-order valence-electron chi connectivity index (χ1n) is 12.0. The van der Waals surface area contributed by atoms with E-state index in [4.69, 9.17) is 4.42 Å². The lowest BCUT2D eigenvalue weighted by molar-refractivity contribution is -0.127. The third-order valence-electron chi connectivity index (χ3n) is 6.30. The Morgan fingerprint density at radius 1 is 1.16 bits per heavy atom. The van der Waals surface area contributed by atoms with Gasteiger partial charge in [-0.1, -0.05) is 5.57 Å². The number of rotatable bonds is 6. The number of nitrogens with one attached hydrogen (secondary N) is 2. The van der Waals surface area contributed by atoms with Crippen LogP contribution >= 0.6 is 0 Å². The zero-order valence-electron chi connectivity index (χ0n) is 21.2. The van der Waals surface area contributed by atoms with Gasteiger partial charge in [-0.2, -0.15) is 0 Å². The van der Waals surface area contributed by atoms with Gasteiger partial charge < -0.3 is 14.6 Å². The molecule has 3 aromatic rings. The summed E-state index contributed by atoms with van der Waals surface area (Å²) in [7, 11) is -2.13. The maximum Gasteiger partial charge on any atom is 0.255 e. The Hall–Kier alpha value is -3.66. The maximum atomic E-state index is 13.6. The zero-order chi connectivity index (χ0) is 26.9. The summed E-state index contributed by atoms with van der Waals surface area (Å²) in [5.74, 6) is -0.819. The molecule has 2 aromatic carbocycles. The summed E-state index contributed by atoms with van der Waals surface area (Å²) >= 11 is 0. The average Bonchev–Trinajstić information content (AvgIpc) is 3.20. The highest BCUT2D eigenvalue weighted by Gasteiger charge is 2.29. The van der Waals surface area contributed by atoms with Gasteiger partial charge in [-0.05, 0) is 62.6 Å². The van der Waals surface area contributed by atoms with Gasteiger partial charge in [-0.15, -0.1) is 0 Å². The van der Waals surface area contributed by atoms with Crippen LogP contribution in [0, 0.1) is 5.82 Å². The normalized spacial score (nSPS) is 15.9. The highest BCUT2D eigenvalue weighted by molar-refractivity contribution is 7.92. The molecule has 4 rings (SSSR count). The van der Waals surface area contributed by atoms with Crippen molar-refractivity contribution < 1.29 is 26.8 Å². The molecular formula is C27H30FN3O5S. The lowest BCUT2D eigenvalue weighted by Gasteiger charge is -2.33. The average molecular weight is 528 g/mol. The van der Waals surface area contributed by atoms with E-state index < -0.39 is 21.7 Å². The first-order valence-corrected chi connectivity index (χ1v) is 13.9. The summed E-state index contributed by atoms with van der Waals surface area (Å²) in [5.41, 5.74) is 2.98. The molecule has 0 saturated carbocycles. The zero-order valence-corrected chi connectivity index (χ0v) is 22.0. The molecule has 2 N–H and O–H groups in total. The first kappa shape index (κ1) is 26.4. The first-order chi connectivity index (χ1) is 17.5. The number of piperidine rings is 1. The van der Waals surface area contributed by atoms with Crippen LogP contribution in [0.5, 0.6) is 0 Å². The standard InChI is InChI=1S/C27H30FN3O5S/c1-16(2)12-24(32)31-11-5-6-18(15-31)20-13-21-23(14-22(20)30-37(4,34)35)36-26(25(21)27(33)29-3)17-7-9-19(28)10-8-17/h7-10,12-14,18,30H,5-6,11,15H2,1-4H3,(H,29,33)/t18-/m1/s1. The molecule has 2 amide bonds. The maximum absolute atomic E-state index is 13.6. The van der Waals surface area contributed by atoms with Crippen molar-refractivity contribution >= 4 is 38.5 Å². The minimum absolute atomic E-state index is 0.0867. The third kappa shape index (κ3) is 5.85. The van der Waals surface area contributed by atoms with E-state index in [1.54, 1.807) is 23.1 Å². The number of furan rings is 1. The number of hydrogen-bond acceptors (Lipinski definition) is 5. The largest absolute Gasteiger partial charge is 0.455 e. The van der Waals surface area contributed by atoms with Crippen LogP contribution in [-0.2, 0) is 14.8 Å². The molecule has 2 heterocycles. The van der Waals surface area contributed by atoms with Gasteiger partial charge in [-0.25, -0.2) is 12.8 Å². The van der Waals surface area contributed by atoms with Crippen LogP contribution in [0.25, 0.3) is 22.3 Å². The monoisotopic (exact) mass is 527 g/mol. The second-order valence-electron chi connectivity index (χ2n) is 9.55. The van der Waals surface area contributed by atoms with E-state index >= 15 is 0 Å². The van der Waals surface area contributed by atoms with E-state index in [-0.39, 0.29) is 23.1 Å². The fraction of sp³-hybridized carbons (Fsp3) is 0.333. The molecule has 1 aliphatic rings. The molecule has 8 nitrogen and oxygen atoms in total. The molecule has 1 saturated heterocycles. The molecule has 1 fully saturated rings. The number of nitrogens with zero attached hydrogens (tertiary/aromatic N) is 1. The number of benzene rings is 2. The van der Waals surface area contributed by atoms with E-state index in [0.29, 0.717) is 40.9 Å². The van der Waals surface area contributed by atoms with Gasteiger partial charge >= 0.3 is 0 Å². The van der Waals surface area contributed by atoms with E-state index in [1.807, 2.05) is 13.8 Å². The highest BCUT2D eigenvalue weighted by Crippen LogP contribution is 2.40. The SMILES string of the molecule is CNC(=O)c1c(-c2ccc(F)cc2)oc2cc(NS(C)(=O)=O)c([C@@H]3CCCN(C(=O)C=C(C)C)C3)cc12. The lowest BCUT2D eigenvalue weighted by Crippen LogP contribution is -2.38. The van der Waals surface area contributed by atoms with Crippen molar-refractivity contribution in [3.63, 3.8) is 0 Å². The van der Waals surface area contributed by atoms with Gasteiger partial charge in [0.2, 0.25) is 15.9 Å². The van der Waals surface area contributed by atoms with Gasteiger partial charge in [0.15, 0.2) is 0 Å². The van der Waals surface area contributed by atoms with E-state index in [0.717, 1.165) is 24.7 Å². The second kappa shape index (κ2) is 10.4. The van der Waals surface area contributed by atoms with Gasteiger partial charge in [0, 0.05) is 49.1 Å². The topological polar surface area (TPSA) is 109 Å². The Morgan fingerprint density at radius 2 is 1.86 bits per heavy atom. The molecule has 0 radical (unpaired) electrons. The summed E-state index contributed by atoms with van der Waals surface area (Å²) < 4.78 is 46.7. The Balaban J connectivity index is 1.89. The van der Waals surface area contributed by atoms with Crippen LogP contribution in [-0.4, -0.2) is 51.5 Å². The number of anilines is 1. The third-order valence-corrected chi connectivity index (χ3v) is 6.89. The molecule has 0 spiro atoms. The van der Waals surface area contributed by atoms with E-state index in [1.165, 1.54) is 31.3 Å². The van der Waals surface area contributed by atoms with E-state index in [9.17, 15) is 22.4 Å². The van der Waals surface area contributed by atoms with Crippen molar-refractivity contribution in [3.05, 3.63) is 65.0 Å². The molecule has 196 valence electrons. The number of halogens is 1. The number of sulfonamides is 1. The lowest BCUT2D eigenvalue weighted by atomic mass is 9.88. The van der Waals surface area contributed by atoms with Crippen molar-refractivity contribution in [3.8, 4) is 11.3 Å². The summed E-state index contributed by atoms with van der Waals surface area (Å²) in [6, 6.07) is 8.93. The van der Waals surface area contributed by atoms with Crippen LogP contribution in [0.2, 0.25) is 0 Å². The molecule has 37 heavy (non-hydrogen) atoms. The van der Waals surface area contributed by atoms with Gasteiger partial charge in [0.05, 0.1) is 17.5 Å². The predicted octanol–water partition coefficient (Wildman–Crippen LogP) is 4.64. The summed E-state index contributed by atoms with van der Waals surface area (Å²) in [4.78, 5) is 27.5. The van der Waals surface area contributed by atoms with Crippen LogP contribution in [0.4, 0.5) is 10.1 Å². The quantitative estimate of drug-likeness (QED) is 0.454. The molecular weight excluding hydrogens is 497 g/mol. The van der Waals surface area contributed by atoms with Crippen LogP contribution in [0.3, 0.4) is 0 Å². The van der Waals surface area contributed by atoms with Crippen LogP contribution in [0.1, 0.15) is 48.5 Å². The number of allylic oxidation sites excluding steroid dienone is 1. The molecule has 0 unspecified atom stereocenters. The number of hydrogen-bond donors (Lipinski definition) is 2. The van der Waals surface area contributed by atoms with Crippen LogP contribution in [0.15, 0.2) is 52.5 Å². The van der Waals surface area contributed by atoms with Crippen molar-refractivity contribution in [2.75, 3.05) is 31.1 Å². The smallest absolute Gasteiger partial charge is 0.255 e. The molecule has 0 aliphatic carbocycles. The highest BCUT2D eigenvalue weighted by atomic mass is 32.2. The number of carbonyl (C=O) groups is 2. The summed E-state index contributed by atoms with van der Waals surface area (Å²) in [6.45, 7) is 4.74. The van der Waals surface area contributed by atoms with Crippen molar-refractivity contribution in [2.24, 2.45) is 0 Å². The Bertz CT molecular complexity index is 1490.